The first kappa shape index (κ1) is 12.1. The molecule has 3 nitrogen and oxygen atoms in total. The first-order valence-corrected chi connectivity index (χ1v) is 6.93. The predicted molar refractivity (Wildman–Crippen MR) is 75.1 cm³/mol. The minimum Gasteiger partial charge on any atom is -0.370 e. The Balaban J connectivity index is 1.90. The number of aliphatic imine (C=N–C) groups is 1. The standard InChI is InChI=1S/C13H15Cl2N3/c14-9-2-1-3-10(15)12(9)11-6-17-13(16)18(11)7-8-4-5-8/h1-3,8,11H,4-7H2,(H2,16,17). The minimum absolute atomic E-state index is 0.0896. The van der Waals surface area contributed by atoms with Crippen molar-refractivity contribution < 1.29 is 0 Å². The van der Waals surface area contributed by atoms with E-state index in [0.29, 0.717) is 22.5 Å². The van der Waals surface area contributed by atoms with Gasteiger partial charge in [-0.2, -0.15) is 0 Å². The Hall–Kier alpha value is -0.930. The first-order valence-electron chi connectivity index (χ1n) is 6.17. The Labute approximate surface area is 117 Å². The normalized spacial score (nSPS) is 23.3. The first-order chi connectivity index (χ1) is 8.66. The van der Waals surface area contributed by atoms with Crippen LogP contribution in [0.3, 0.4) is 0 Å². The van der Waals surface area contributed by atoms with E-state index in [4.69, 9.17) is 28.9 Å². The monoisotopic (exact) mass is 283 g/mol. The Bertz CT molecular complexity index is 477. The van der Waals surface area contributed by atoms with E-state index in [1.807, 2.05) is 18.2 Å². The number of benzene rings is 1. The number of hydrogen-bond donors (Lipinski definition) is 1. The van der Waals surface area contributed by atoms with E-state index in [2.05, 4.69) is 9.89 Å². The fourth-order valence-corrected chi connectivity index (χ4v) is 3.05. The van der Waals surface area contributed by atoms with Gasteiger partial charge in [0.25, 0.3) is 0 Å². The highest BCUT2D eigenvalue weighted by atomic mass is 35.5. The van der Waals surface area contributed by atoms with Crippen LogP contribution in [0.5, 0.6) is 0 Å². The number of rotatable bonds is 3. The molecule has 0 saturated heterocycles. The van der Waals surface area contributed by atoms with Crippen molar-refractivity contribution in [2.75, 3.05) is 13.1 Å². The lowest BCUT2D eigenvalue weighted by atomic mass is 10.1. The largest absolute Gasteiger partial charge is 0.370 e. The molecule has 5 heteroatoms. The van der Waals surface area contributed by atoms with Gasteiger partial charge < -0.3 is 10.6 Å². The zero-order valence-corrected chi connectivity index (χ0v) is 11.5. The van der Waals surface area contributed by atoms with Gasteiger partial charge in [-0.25, -0.2) is 0 Å². The zero-order chi connectivity index (χ0) is 12.7. The quantitative estimate of drug-likeness (QED) is 0.926. The molecule has 1 aliphatic carbocycles. The molecule has 3 rings (SSSR count). The van der Waals surface area contributed by atoms with Crippen LogP contribution < -0.4 is 5.73 Å². The van der Waals surface area contributed by atoms with Gasteiger partial charge in [0.05, 0.1) is 12.6 Å². The summed E-state index contributed by atoms with van der Waals surface area (Å²) in [7, 11) is 0. The van der Waals surface area contributed by atoms with Crippen molar-refractivity contribution in [2.45, 2.75) is 18.9 Å². The summed E-state index contributed by atoms with van der Waals surface area (Å²) in [5, 5.41) is 1.39. The topological polar surface area (TPSA) is 41.6 Å². The molecule has 0 amide bonds. The van der Waals surface area contributed by atoms with E-state index < -0.39 is 0 Å². The van der Waals surface area contributed by atoms with Gasteiger partial charge in [-0.05, 0) is 30.9 Å². The van der Waals surface area contributed by atoms with Crippen LogP contribution in [-0.4, -0.2) is 23.9 Å². The molecule has 1 saturated carbocycles. The fourth-order valence-electron chi connectivity index (χ4n) is 2.40. The molecule has 0 spiro atoms. The highest BCUT2D eigenvalue weighted by Gasteiger charge is 2.34. The molecule has 1 atom stereocenters. The third-order valence-electron chi connectivity index (χ3n) is 3.58. The second kappa shape index (κ2) is 4.63. The summed E-state index contributed by atoms with van der Waals surface area (Å²) in [4.78, 5) is 6.49. The maximum Gasteiger partial charge on any atom is 0.191 e. The van der Waals surface area contributed by atoms with Crippen LogP contribution in [-0.2, 0) is 0 Å². The molecule has 1 fully saturated rings. The van der Waals surface area contributed by atoms with Gasteiger partial charge in [0.1, 0.15) is 0 Å². The molecular formula is C13H15Cl2N3. The van der Waals surface area contributed by atoms with E-state index in [1.165, 1.54) is 12.8 Å². The number of nitrogens with zero attached hydrogens (tertiary/aromatic N) is 2. The number of nitrogens with two attached hydrogens (primary N) is 1. The summed E-state index contributed by atoms with van der Waals surface area (Å²) in [6, 6.07) is 5.68. The molecule has 0 aromatic heterocycles. The van der Waals surface area contributed by atoms with Crippen molar-refractivity contribution in [1.82, 2.24) is 4.90 Å². The number of halogens is 2. The van der Waals surface area contributed by atoms with Gasteiger partial charge in [-0.15, -0.1) is 0 Å². The van der Waals surface area contributed by atoms with Crippen molar-refractivity contribution >= 4 is 29.2 Å². The zero-order valence-electron chi connectivity index (χ0n) is 9.94. The van der Waals surface area contributed by atoms with Gasteiger partial charge >= 0.3 is 0 Å². The lowest BCUT2D eigenvalue weighted by Gasteiger charge is -2.27. The second-order valence-electron chi connectivity index (χ2n) is 4.95. The van der Waals surface area contributed by atoms with Crippen molar-refractivity contribution in [1.29, 1.82) is 0 Å². The lowest BCUT2D eigenvalue weighted by molar-refractivity contribution is 0.334. The second-order valence-corrected chi connectivity index (χ2v) is 5.76. The summed E-state index contributed by atoms with van der Waals surface area (Å²) in [6.45, 7) is 1.60. The van der Waals surface area contributed by atoms with Gasteiger partial charge in [-0.3, -0.25) is 4.99 Å². The maximum absolute atomic E-state index is 6.27. The molecule has 1 heterocycles. The molecule has 0 bridgehead atoms. The Morgan fingerprint density at radius 1 is 1.28 bits per heavy atom. The third-order valence-corrected chi connectivity index (χ3v) is 4.24. The van der Waals surface area contributed by atoms with Crippen molar-refractivity contribution in [3.05, 3.63) is 33.8 Å². The molecule has 1 unspecified atom stereocenters. The van der Waals surface area contributed by atoms with Crippen LogP contribution in [0, 0.1) is 5.92 Å². The molecule has 96 valence electrons. The molecule has 1 aliphatic heterocycles. The highest BCUT2D eigenvalue weighted by molar-refractivity contribution is 6.36. The molecule has 18 heavy (non-hydrogen) atoms. The van der Waals surface area contributed by atoms with Crippen LogP contribution in [0.1, 0.15) is 24.4 Å². The summed E-state index contributed by atoms with van der Waals surface area (Å²) >= 11 is 12.5. The van der Waals surface area contributed by atoms with E-state index in [1.54, 1.807) is 0 Å². The summed E-state index contributed by atoms with van der Waals surface area (Å²) in [5.74, 6) is 1.36. The van der Waals surface area contributed by atoms with Crippen LogP contribution in [0.4, 0.5) is 0 Å². The Morgan fingerprint density at radius 2 is 1.94 bits per heavy atom. The van der Waals surface area contributed by atoms with E-state index in [9.17, 15) is 0 Å². The van der Waals surface area contributed by atoms with Crippen LogP contribution in [0.2, 0.25) is 10.0 Å². The summed E-state index contributed by atoms with van der Waals surface area (Å²) < 4.78 is 0. The van der Waals surface area contributed by atoms with Gasteiger partial charge in [-0.1, -0.05) is 29.3 Å². The number of hydrogen-bond acceptors (Lipinski definition) is 3. The molecule has 0 radical (unpaired) electrons. The molecular weight excluding hydrogens is 269 g/mol. The van der Waals surface area contributed by atoms with Gasteiger partial charge in [0, 0.05) is 22.2 Å². The lowest BCUT2D eigenvalue weighted by Crippen LogP contribution is -2.37. The van der Waals surface area contributed by atoms with Crippen molar-refractivity contribution in [2.24, 2.45) is 16.6 Å². The van der Waals surface area contributed by atoms with E-state index in [0.717, 1.165) is 18.0 Å². The van der Waals surface area contributed by atoms with Gasteiger partial charge in [0.15, 0.2) is 5.96 Å². The van der Waals surface area contributed by atoms with Crippen LogP contribution >= 0.6 is 23.2 Å². The average molecular weight is 284 g/mol. The van der Waals surface area contributed by atoms with Crippen LogP contribution in [0.25, 0.3) is 0 Å². The minimum atomic E-state index is 0.0896. The number of guanidine groups is 1. The Morgan fingerprint density at radius 3 is 2.56 bits per heavy atom. The van der Waals surface area contributed by atoms with Crippen molar-refractivity contribution in [3.8, 4) is 0 Å². The molecule has 1 aromatic carbocycles. The molecule has 2 N–H and O–H groups in total. The molecule has 2 aliphatic rings. The van der Waals surface area contributed by atoms with Crippen molar-refractivity contribution in [3.63, 3.8) is 0 Å². The maximum atomic E-state index is 6.27. The summed E-state index contributed by atoms with van der Waals surface area (Å²) in [6.07, 6.45) is 2.57. The molecule has 1 aromatic rings. The Kier molecular flexibility index (Phi) is 3.12. The van der Waals surface area contributed by atoms with Crippen LogP contribution in [0.15, 0.2) is 23.2 Å². The SMILES string of the molecule is NC1=NCC(c2c(Cl)cccc2Cl)N1CC1CC1. The fraction of sp³-hybridized carbons (Fsp3) is 0.462. The van der Waals surface area contributed by atoms with Gasteiger partial charge in [0.2, 0.25) is 0 Å². The van der Waals surface area contributed by atoms with E-state index in [-0.39, 0.29) is 6.04 Å². The average Bonchev–Trinajstić information content (AvgIpc) is 3.07. The van der Waals surface area contributed by atoms with E-state index >= 15 is 0 Å². The predicted octanol–water partition coefficient (Wildman–Crippen LogP) is 3.07. The summed E-state index contributed by atoms with van der Waals surface area (Å²) in [5.41, 5.74) is 6.92. The highest BCUT2D eigenvalue weighted by Crippen LogP contribution is 2.39. The third kappa shape index (κ3) is 2.17. The smallest absolute Gasteiger partial charge is 0.191 e.